The Bertz CT molecular complexity index is 1200. The van der Waals surface area contributed by atoms with Crippen molar-refractivity contribution in [3.05, 3.63) is 84.4 Å². The van der Waals surface area contributed by atoms with Crippen molar-refractivity contribution in [1.82, 2.24) is 4.98 Å². The Hall–Kier alpha value is -3.23. The largest absolute Gasteiger partial charge is 0.378 e. The van der Waals surface area contributed by atoms with Crippen molar-refractivity contribution in [3.63, 3.8) is 0 Å². The van der Waals surface area contributed by atoms with E-state index in [1.54, 1.807) is 42.5 Å². The summed E-state index contributed by atoms with van der Waals surface area (Å²) in [7, 11) is -3.92. The zero-order chi connectivity index (χ0) is 19.4. The average Bonchev–Trinajstić information content (AvgIpc) is 3.12. The van der Waals surface area contributed by atoms with Crippen LogP contribution in [0.4, 0.5) is 5.13 Å². The van der Waals surface area contributed by atoms with Crippen LogP contribution in [0.3, 0.4) is 0 Å². The number of rotatable bonds is 6. The van der Waals surface area contributed by atoms with Crippen molar-refractivity contribution in [3.8, 4) is 5.75 Å². The molecule has 0 saturated carbocycles. The molecule has 4 aromatic rings. The minimum absolute atomic E-state index is 0.0920. The monoisotopic (exact) mass is 409 g/mol. The number of nitrogens with one attached hydrogen (secondary N) is 1. The molecule has 0 saturated heterocycles. The minimum Gasteiger partial charge on any atom is -0.378 e. The summed E-state index contributed by atoms with van der Waals surface area (Å²) in [5.41, 5.74) is 4.29. The molecular formula is C20H15N3O3S2. The molecule has 28 heavy (non-hydrogen) atoms. The lowest BCUT2D eigenvalue weighted by Crippen LogP contribution is -2.10. The van der Waals surface area contributed by atoms with E-state index in [0.29, 0.717) is 10.7 Å². The molecule has 0 radical (unpaired) electrons. The molecule has 6 nitrogen and oxygen atoms in total. The number of hydrogen-bond donors (Lipinski definition) is 1. The van der Waals surface area contributed by atoms with Gasteiger partial charge in [0.2, 0.25) is 5.13 Å². The number of hydrogen-bond acceptors (Lipinski definition) is 7. The van der Waals surface area contributed by atoms with Gasteiger partial charge in [-0.25, -0.2) is 4.98 Å². The van der Waals surface area contributed by atoms with Gasteiger partial charge < -0.3 is 4.18 Å². The second-order valence-electron chi connectivity index (χ2n) is 5.75. The van der Waals surface area contributed by atoms with E-state index >= 15 is 0 Å². The summed E-state index contributed by atoms with van der Waals surface area (Å²) >= 11 is 1.48. The Morgan fingerprint density at radius 1 is 0.929 bits per heavy atom. The molecule has 0 aliphatic rings. The molecule has 0 amide bonds. The van der Waals surface area contributed by atoms with E-state index in [-0.39, 0.29) is 10.6 Å². The summed E-state index contributed by atoms with van der Waals surface area (Å²) in [6, 6.07) is 22.6. The summed E-state index contributed by atoms with van der Waals surface area (Å²) in [4.78, 5) is 4.52. The van der Waals surface area contributed by atoms with Crippen LogP contribution >= 0.6 is 11.3 Å². The number of fused-ring (bicyclic) bond motifs is 1. The van der Waals surface area contributed by atoms with Crippen LogP contribution in [0.5, 0.6) is 5.75 Å². The topological polar surface area (TPSA) is 80.7 Å². The van der Waals surface area contributed by atoms with Gasteiger partial charge >= 0.3 is 10.1 Å². The number of anilines is 1. The lowest BCUT2D eigenvalue weighted by molar-refractivity contribution is 0.485. The normalized spacial score (nSPS) is 11.7. The van der Waals surface area contributed by atoms with E-state index < -0.39 is 10.1 Å². The Kier molecular flexibility index (Phi) is 5.05. The third-order valence-electron chi connectivity index (χ3n) is 3.81. The fourth-order valence-electron chi connectivity index (χ4n) is 2.49. The summed E-state index contributed by atoms with van der Waals surface area (Å²) in [5, 5.41) is 4.81. The van der Waals surface area contributed by atoms with Crippen LogP contribution in [-0.2, 0) is 10.1 Å². The number of hydrazone groups is 1. The van der Waals surface area contributed by atoms with E-state index in [0.717, 1.165) is 10.2 Å². The Morgan fingerprint density at radius 3 is 2.46 bits per heavy atom. The standard InChI is InChI=1S/C20H15N3O3S2/c24-28(25,16-9-2-1-3-10-16)26-18-12-6-4-8-15(18)14-21-23-20-22-17-11-5-7-13-19(17)27-20/h1-14H,(H,22,23)/b21-14+. The van der Waals surface area contributed by atoms with E-state index in [1.165, 1.54) is 29.7 Å². The second-order valence-corrected chi connectivity index (χ2v) is 8.32. The second kappa shape index (κ2) is 7.79. The molecule has 1 N–H and O–H groups in total. The van der Waals surface area contributed by atoms with Gasteiger partial charge in [0.15, 0.2) is 5.75 Å². The quantitative estimate of drug-likeness (QED) is 0.288. The molecule has 0 unspecified atom stereocenters. The number of benzene rings is 3. The molecule has 0 fully saturated rings. The smallest absolute Gasteiger partial charge is 0.339 e. The van der Waals surface area contributed by atoms with Crippen LogP contribution in [0.1, 0.15) is 5.56 Å². The molecule has 0 aliphatic heterocycles. The number of aromatic nitrogens is 1. The van der Waals surface area contributed by atoms with Gasteiger partial charge in [-0.1, -0.05) is 53.8 Å². The average molecular weight is 409 g/mol. The first-order valence-electron chi connectivity index (χ1n) is 8.35. The number of para-hydroxylation sites is 2. The molecule has 0 spiro atoms. The van der Waals surface area contributed by atoms with E-state index in [2.05, 4.69) is 15.5 Å². The van der Waals surface area contributed by atoms with Gasteiger partial charge in [-0.3, -0.25) is 5.43 Å². The van der Waals surface area contributed by atoms with E-state index in [9.17, 15) is 8.42 Å². The van der Waals surface area contributed by atoms with Gasteiger partial charge in [0.25, 0.3) is 0 Å². The van der Waals surface area contributed by atoms with E-state index in [1.807, 2.05) is 24.3 Å². The Balaban J connectivity index is 1.53. The third-order valence-corrected chi connectivity index (χ3v) is 6.00. The summed E-state index contributed by atoms with van der Waals surface area (Å²) in [5.74, 6) is 0.196. The molecule has 140 valence electrons. The van der Waals surface area contributed by atoms with Crippen molar-refractivity contribution in [2.24, 2.45) is 5.10 Å². The van der Waals surface area contributed by atoms with Crippen molar-refractivity contribution in [2.75, 3.05) is 5.43 Å². The van der Waals surface area contributed by atoms with Gasteiger partial charge in [0.1, 0.15) is 4.90 Å². The maximum Gasteiger partial charge on any atom is 0.339 e. The van der Waals surface area contributed by atoms with Gasteiger partial charge in [-0.15, -0.1) is 0 Å². The SMILES string of the molecule is O=S(=O)(Oc1ccccc1/C=N/Nc1nc2ccccc2s1)c1ccccc1. The first-order chi connectivity index (χ1) is 13.6. The molecule has 8 heteroatoms. The zero-order valence-corrected chi connectivity index (χ0v) is 16.2. The maximum absolute atomic E-state index is 12.5. The predicted molar refractivity (Wildman–Crippen MR) is 112 cm³/mol. The molecule has 0 atom stereocenters. The highest BCUT2D eigenvalue weighted by molar-refractivity contribution is 7.87. The Labute approximate surface area is 166 Å². The predicted octanol–water partition coefficient (Wildman–Crippen LogP) is 4.51. The molecule has 1 heterocycles. The molecule has 1 aromatic heterocycles. The van der Waals surface area contributed by atoms with Crippen LogP contribution in [0, 0.1) is 0 Å². The number of thiazole rings is 1. The number of nitrogens with zero attached hydrogens (tertiary/aromatic N) is 2. The van der Waals surface area contributed by atoms with Gasteiger partial charge in [0.05, 0.1) is 16.4 Å². The molecule has 0 bridgehead atoms. The fraction of sp³-hybridized carbons (Fsp3) is 0. The molecule has 3 aromatic carbocycles. The minimum atomic E-state index is -3.92. The zero-order valence-electron chi connectivity index (χ0n) is 14.5. The summed E-state index contributed by atoms with van der Waals surface area (Å²) < 4.78 is 31.3. The fourth-order valence-corrected chi connectivity index (χ4v) is 4.28. The van der Waals surface area contributed by atoms with Crippen LogP contribution in [-0.4, -0.2) is 19.6 Å². The van der Waals surface area contributed by atoms with Crippen molar-refractivity contribution >= 4 is 43.0 Å². The first kappa shape index (κ1) is 18.1. The Morgan fingerprint density at radius 2 is 1.64 bits per heavy atom. The maximum atomic E-state index is 12.5. The highest BCUT2D eigenvalue weighted by Crippen LogP contribution is 2.25. The van der Waals surface area contributed by atoms with Crippen molar-refractivity contribution in [2.45, 2.75) is 4.90 Å². The van der Waals surface area contributed by atoms with Crippen molar-refractivity contribution < 1.29 is 12.6 Å². The van der Waals surface area contributed by atoms with Crippen LogP contribution < -0.4 is 9.61 Å². The third kappa shape index (κ3) is 4.03. The molecule has 4 rings (SSSR count). The van der Waals surface area contributed by atoms with E-state index in [4.69, 9.17) is 4.18 Å². The van der Waals surface area contributed by atoms with Crippen molar-refractivity contribution in [1.29, 1.82) is 0 Å². The molecule has 0 aliphatic carbocycles. The van der Waals surface area contributed by atoms with Gasteiger partial charge in [-0.05, 0) is 36.4 Å². The van der Waals surface area contributed by atoms with Gasteiger partial charge in [0, 0.05) is 5.56 Å². The van der Waals surface area contributed by atoms with Crippen LogP contribution in [0.2, 0.25) is 0 Å². The lowest BCUT2D eigenvalue weighted by Gasteiger charge is -2.09. The van der Waals surface area contributed by atoms with Crippen LogP contribution in [0.25, 0.3) is 10.2 Å². The first-order valence-corrected chi connectivity index (χ1v) is 10.6. The highest BCUT2D eigenvalue weighted by atomic mass is 32.2. The lowest BCUT2D eigenvalue weighted by atomic mass is 10.2. The summed E-state index contributed by atoms with van der Waals surface area (Å²) in [6.07, 6.45) is 1.50. The summed E-state index contributed by atoms with van der Waals surface area (Å²) in [6.45, 7) is 0. The van der Waals surface area contributed by atoms with Crippen LogP contribution in [0.15, 0.2) is 88.9 Å². The molecular weight excluding hydrogens is 394 g/mol. The van der Waals surface area contributed by atoms with Gasteiger partial charge in [-0.2, -0.15) is 13.5 Å². The highest BCUT2D eigenvalue weighted by Gasteiger charge is 2.17.